The summed E-state index contributed by atoms with van der Waals surface area (Å²) in [4.78, 5) is 24.9. The van der Waals surface area contributed by atoms with E-state index in [0.717, 1.165) is 10.7 Å². The molecule has 0 bridgehead atoms. The molecule has 0 saturated carbocycles. The molecule has 3 rings (SSSR count). The second kappa shape index (κ2) is 10.0. The number of nitrogens with zero attached hydrogens (tertiary/aromatic N) is 2. The van der Waals surface area contributed by atoms with Crippen LogP contribution >= 0.6 is 15.9 Å². The van der Waals surface area contributed by atoms with E-state index >= 15 is 0 Å². The predicted molar refractivity (Wildman–Crippen MR) is 121 cm³/mol. The number of hydrogen-bond acceptors (Lipinski definition) is 9. The Kier molecular flexibility index (Phi) is 7.39. The summed E-state index contributed by atoms with van der Waals surface area (Å²) >= 11 is 3.30. The molecular weight excluding hydrogens is 520 g/mol. The molecule has 2 aromatic carbocycles. The van der Waals surface area contributed by atoms with E-state index in [4.69, 9.17) is 18.4 Å². The highest BCUT2D eigenvalue weighted by Crippen LogP contribution is 2.31. The molecule has 0 amide bonds. The molecule has 0 fully saturated rings. The van der Waals surface area contributed by atoms with Crippen molar-refractivity contribution in [2.75, 3.05) is 20.8 Å². The van der Waals surface area contributed by atoms with Crippen LogP contribution in [-0.4, -0.2) is 45.0 Å². The molecule has 3 aromatic rings. The Morgan fingerprint density at radius 2 is 1.76 bits per heavy atom. The number of benzene rings is 2. The highest BCUT2D eigenvalue weighted by atomic mass is 79.9. The monoisotopic (exact) mass is 538 g/mol. The third kappa shape index (κ3) is 5.34. The van der Waals surface area contributed by atoms with Gasteiger partial charge in [-0.1, -0.05) is 22.0 Å². The van der Waals surface area contributed by atoms with Crippen LogP contribution in [0, 0.1) is 0 Å². The van der Waals surface area contributed by atoms with Crippen molar-refractivity contribution >= 4 is 32.0 Å². The van der Waals surface area contributed by atoms with Gasteiger partial charge < -0.3 is 18.4 Å². The van der Waals surface area contributed by atoms with Crippen molar-refractivity contribution in [1.29, 1.82) is 0 Å². The van der Waals surface area contributed by atoms with E-state index in [1.54, 1.807) is 31.2 Å². The Balaban J connectivity index is 2.11. The fourth-order valence-corrected chi connectivity index (χ4v) is 4.11. The van der Waals surface area contributed by atoms with Crippen molar-refractivity contribution in [3.05, 3.63) is 69.1 Å². The van der Waals surface area contributed by atoms with Crippen LogP contribution in [0.2, 0.25) is 0 Å². The first kappa shape index (κ1) is 24.3. The van der Waals surface area contributed by atoms with Gasteiger partial charge in [0.2, 0.25) is 5.69 Å². The van der Waals surface area contributed by atoms with Gasteiger partial charge in [-0.2, -0.15) is 18.2 Å². The summed E-state index contributed by atoms with van der Waals surface area (Å²) in [5.74, 6) is -1.07. The molecule has 12 heteroatoms. The van der Waals surface area contributed by atoms with Crippen LogP contribution in [0.4, 0.5) is 0 Å². The number of carbonyl (C=O) groups excluding carboxylic acids is 1. The SMILES string of the molecule is CCOC(=O)c1nn(-c2cccc(Br)c2)c(=O)cc1OS(=O)(=O)c1ccc(OC)c(OC)c1. The van der Waals surface area contributed by atoms with Crippen LogP contribution in [0.15, 0.2) is 62.7 Å². The lowest BCUT2D eigenvalue weighted by Crippen LogP contribution is -2.26. The first-order chi connectivity index (χ1) is 15.7. The first-order valence-electron chi connectivity index (χ1n) is 9.44. The Labute approximate surface area is 197 Å². The van der Waals surface area contributed by atoms with Crippen LogP contribution < -0.4 is 19.2 Å². The number of ether oxygens (including phenoxy) is 3. The Bertz CT molecular complexity index is 1350. The second-order valence-electron chi connectivity index (χ2n) is 6.36. The zero-order chi connectivity index (χ0) is 24.2. The van der Waals surface area contributed by atoms with Gasteiger partial charge in [0, 0.05) is 10.5 Å². The van der Waals surface area contributed by atoms with E-state index in [9.17, 15) is 18.0 Å². The van der Waals surface area contributed by atoms with E-state index in [-0.39, 0.29) is 17.3 Å². The van der Waals surface area contributed by atoms with Crippen LogP contribution in [0.25, 0.3) is 5.69 Å². The van der Waals surface area contributed by atoms with Gasteiger partial charge in [-0.3, -0.25) is 4.79 Å². The summed E-state index contributed by atoms with van der Waals surface area (Å²) in [6.45, 7) is 1.57. The molecule has 0 radical (unpaired) electrons. The second-order valence-corrected chi connectivity index (χ2v) is 8.82. The lowest BCUT2D eigenvalue weighted by Gasteiger charge is -2.13. The van der Waals surface area contributed by atoms with E-state index < -0.39 is 33.1 Å². The number of esters is 1. The van der Waals surface area contributed by atoms with Crippen molar-refractivity contribution in [1.82, 2.24) is 9.78 Å². The molecule has 33 heavy (non-hydrogen) atoms. The van der Waals surface area contributed by atoms with E-state index in [2.05, 4.69) is 21.0 Å². The molecule has 1 heterocycles. The van der Waals surface area contributed by atoms with E-state index in [0.29, 0.717) is 15.9 Å². The summed E-state index contributed by atoms with van der Waals surface area (Å²) in [5, 5.41) is 4.02. The van der Waals surface area contributed by atoms with Gasteiger partial charge in [0.15, 0.2) is 17.2 Å². The third-order valence-corrected chi connectivity index (χ3v) is 5.98. The molecular formula is C21H19BrN2O8S. The molecule has 0 atom stereocenters. The van der Waals surface area contributed by atoms with Crippen LogP contribution in [-0.2, 0) is 14.9 Å². The molecule has 1 aromatic heterocycles. The highest BCUT2D eigenvalue weighted by molar-refractivity contribution is 9.10. The fourth-order valence-electron chi connectivity index (χ4n) is 2.78. The predicted octanol–water partition coefficient (Wildman–Crippen LogP) is 2.96. The maximum Gasteiger partial charge on any atom is 0.362 e. The molecule has 0 aliphatic rings. The highest BCUT2D eigenvalue weighted by Gasteiger charge is 2.26. The van der Waals surface area contributed by atoms with Crippen molar-refractivity contribution in [2.24, 2.45) is 0 Å². The van der Waals surface area contributed by atoms with Crippen LogP contribution in [0.1, 0.15) is 17.4 Å². The average molecular weight is 539 g/mol. The summed E-state index contributed by atoms with van der Waals surface area (Å²) in [5.41, 5.74) is -0.867. The summed E-state index contributed by atoms with van der Waals surface area (Å²) in [7, 11) is -1.73. The minimum atomic E-state index is -4.48. The molecule has 0 spiro atoms. The molecule has 0 N–H and O–H groups in total. The van der Waals surface area contributed by atoms with Crippen LogP contribution in [0.3, 0.4) is 0 Å². The molecule has 0 aliphatic carbocycles. The largest absolute Gasteiger partial charge is 0.493 e. The number of hydrogen-bond donors (Lipinski definition) is 0. The third-order valence-electron chi connectivity index (χ3n) is 4.26. The average Bonchev–Trinajstić information content (AvgIpc) is 2.78. The van der Waals surface area contributed by atoms with E-state index in [1.807, 2.05) is 0 Å². The molecule has 0 saturated heterocycles. The standard InChI is InChI=1S/C21H19BrN2O8S/c1-4-31-21(26)20-18(12-19(25)24(23-20)14-7-5-6-13(22)10-14)32-33(27,28)15-8-9-16(29-2)17(11-15)30-3/h5-12H,4H2,1-3H3. The normalized spacial score (nSPS) is 11.0. The smallest absolute Gasteiger partial charge is 0.362 e. The van der Waals surface area contributed by atoms with Crippen molar-refractivity contribution in [3.8, 4) is 22.9 Å². The number of halogens is 1. The van der Waals surface area contributed by atoms with Gasteiger partial charge in [-0.25, -0.2) is 4.79 Å². The number of carbonyl (C=O) groups is 1. The minimum absolute atomic E-state index is 0.00159. The van der Waals surface area contributed by atoms with Gasteiger partial charge in [0.25, 0.3) is 5.56 Å². The van der Waals surface area contributed by atoms with Gasteiger partial charge in [-0.05, 0) is 37.3 Å². The molecule has 0 aliphatic heterocycles. The Hall–Kier alpha value is -3.38. The zero-order valence-corrected chi connectivity index (χ0v) is 20.2. The van der Waals surface area contributed by atoms with Crippen molar-refractivity contribution in [2.45, 2.75) is 11.8 Å². The van der Waals surface area contributed by atoms with E-state index in [1.165, 1.54) is 32.4 Å². The number of rotatable bonds is 8. The summed E-state index contributed by atoms with van der Waals surface area (Å²) in [6, 6.07) is 11.3. The maximum absolute atomic E-state index is 12.9. The zero-order valence-electron chi connectivity index (χ0n) is 17.8. The van der Waals surface area contributed by atoms with Crippen molar-refractivity contribution in [3.63, 3.8) is 0 Å². The topological polar surface area (TPSA) is 123 Å². The van der Waals surface area contributed by atoms with Gasteiger partial charge in [0.05, 0.1) is 32.6 Å². The lowest BCUT2D eigenvalue weighted by atomic mass is 10.3. The first-order valence-corrected chi connectivity index (χ1v) is 11.6. The molecule has 0 unspecified atom stereocenters. The summed E-state index contributed by atoms with van der Waals surface area (Å²) in [6.07, 6.45) is 0. The Morgan fingerprint density at radius 1 is 1.03 bits per heavy atom. The molecule has 174 valence electrons. The quantitative estimate of drug-likeness (QED) is 0.314. The van der Waals surface area contributed by atoms with Gasteiger partial charge in [-0.15, -0.1) is 0 Å². The lowest BCUT2D eigenvalue weighted by molar-refractivity contribution is 0.0515. The Morgan fingerprint density at radius 3 is 2.39 bits per heavy atom. The fraction of sp³-hybridized carbons (Fsp3) is 0.190. The number of aromatic nitrogens is 2. The van der Waals surface area contributed by atoms with Crippen molar-refractivity contribution < 1.29 is 31.6 Å². The van der Waals surface area contributed by atoms with Gasteiger partial charge >= 0.3 is 16.1 Å². The van der Waals surface area contributed by atoms with Gasteiger partial charge in [0.1, 0.15) is 4.90 Å². The molecule has 10 nitrogen and oxygen atoms in total. The summed E-state index contributed by atoms with van der Waals surface area (Å²) < 4.78 is 47.7. The van der Waals surface area contributed by atoms with Crippen LogP contribution in [0.5, 0.6) is 17.2 Å². The number of methoxy groups -OCH3 is 2. The maximum atomic E-state index is 12.9. The minimum Gasteiger partial charge on any atom is -0.493 e.